The number of hydrogen-bond acceptors (Lipinski definition) is 2. The minimum Gasteiger partial charge on any atom is -0.316 e. The van der Waals surface area contributed by atoms with Gasteiger partial charge >= 0.3 is 0 Å². The first kappa shape index (κ1) is 13.8. The third-order valence-corrected chi connectivity index (χ3v) is 3.33. The van der Waals surface area contributed by atoms with E-state index in [-0.39, 0.29) is 0 Å². The van der Waals surface area contributed by atoms with Gasteiger partial charge in [0, 0.05) is 18.9 Å². The van der Waals surface area contributed by atoms with Crippen molar-refractivity contribution in [3.63, 3.8) is 0 Å². The molecule has 3 heteroatoms. The number of nitrogens with one attached hydrogen (secondary N) is 1. The number of aromatic nitrogens is 2. The molecule has 0 saturated heterocycles. The normalized spacial score (nSPS) is 12.5. The van der Waals surface area contributed by atoms with Crippen LogP contribution in [-0.4, -0.2) is 22.9 Å². The molecule has 0 saturated carbocycles. The average molecular weight is 257 g/mol. The highest BCUT2D eigenvalue weighted by atomic mass is 15.3. The van der Waals surface area contributed by atoms with Crippen LogP contribution in [0.4, 0.5) is 0 Å². The summed E-state index contributed by atoms with van der Waals surface area (Å²) in [5.74, 6) is 0.560. The minimum atomic E-state index is 0.560. The molecule has 1 atom stereocenters. The topological polar surface area (TPSA) is 29.9 Å². The molecule has 0 spiro atoms. The second kappa shape index (κ2) is 7.10. The Hall–Kier alpha value is -1.61. The molecular weight excluding hydrogens is 234 g/mol. The standard InChI is InChI=1S/C16H23N3/c1-3-9-17-12-14(2)16-7-5-15(6-8-16)13-19-11-4-10-18-19/h4-8,10-11,14,17H,3,9,12-13H2,1-2H3. The number of rotatable bonds is 7. The third kappa shape index (κ3) is 4.21. The Morgan fingerprint density at radius 1 is 1.26 bits per heavy atom. The van der Waals surface area contributed by atoms with Crippen molar-refractivity contribution in [2.75, 3.05) is 13.1 Å². The molecule has 3 nitrogen and oxygen atoms in total. The Bertz CT molecular complexity index is 459. The summed E-state index contributed by atoms with van der Waals surface area (Å²) in [6.45, 7) is 7.46. The fourth-order valence-corrected chi connectivity index (χ4v) is 2.15. The van der Waals surface area contributed by atoms with Gasteiger partial charge in [0.15, 0.2) is 0 Å². The SMILES string of the molecule is CCCNCC(C)c1ccc(Cn2cccn2)cc1. The lowest BCUT2D eigenvalue weighted by atomic mass is 10.00. The van der Waals surface area contributed by atoms with E-state index in [4.69, 9.17) is 0 Å². The van der Waals surface area contributed by atoms with Gasteiger partial charge in [-0.05, 0) is 36.1 Å². The molecule has 1 aromatic carbocycles. The van der Waals surface area contributed by atoms with Gasteiger partial charge < -0.3 is 5.32 Å². The molecule has 0 fully saturated rings. The highest BCUT2D eigenvalue weighted by molar-refractivity contribution is 5.25. The predicted octanol–water partition coefficient (Wildman–Crippen LogP) is 3.03. The zero-order valence-corrected chi connectivity index (χ0v) is 11.8. The van der Waals surface area contributed by atoms with E-state index in [1.54, 1.807) is 0 Å². The van der Waals surface area contributed by atoms with Crippen LogP contribution < -0.4 is 5.32 Å². The highest BCUT2D eigenvalue weighted by Crippen LogP contribution is 2.15. The van der Waals surface area contributed by atoms with Crippen molar-refractivity contribution in [2.45, 2.75) is 32.7 Å². The summed E-state index contributed by atoms with van der Waals surface area (Å²) in [6.07, 6.45) is 5.00. The number of nitrogens with zero attached hydrogens (tertiary/aromatic N) is 2. The van der Waals surface area contributed by atoms with Crippen molar-refractivity contribution < 1.29 is 0 Å². The fourth-order valence-electron chi connectivity index (χ4n) is 2.15. The Balaban J connectivity index is 1.90. The number of benzene rings is 1. The molecule has 0 aliphatic heterocycles. The predicted molar refractivity (Wildman–Crippen MR) is 79.3 cm³/mol. The molecular formula is C16H23N3. The fraction of sp³-hybridized carbons (Fsp3) is 0.438. The third-order valence-electron chi connectivity index (χ3n) is 3.33. The minimum absolute atomic E-state index is 0.560. The largest absolute Gasteiger partial charge is 0.316 e. The van der Waals surface area contributed by atoms with Gasteiger partial charge in [0.05, 0.1) is 6.54 Å². The van der Waals surface area contributed by atoms with Crippen LogP contribution in [0.5, 0.6) is 0 Å². The molecule has 1 N–H and O–H groups in total. The summed E-state index contributed by atoms with van der Waals surface area (Å²) < 4.78 is 1.95. The monoisotopic (exact) mass is 257 g/mol. The molecule has 19 heavy (non-hydrogen) atoms. The molecule has 0 bridgehead atoms. The maximum atomic E-state index is 4.23. The first-order valence-electron chi connectivity index (χ1n) is 7.06. The zero-order valence-electron chi connectivity index (χ0n) is 11.8. The van der Waals surface area contributed by atoms with Crippen LogP contribution in [-0.2, 0) is 6.54 Å². The van der Waals surface area contributed by atoms with Gasteiger partial charge in [0.2, 0.25) is 0 Å². The molecule has 2 aromatic rings. The van der Waals surface area contributed by atoms with Crippen LogP contribution in [0.1, 0.15) is 37.3 Å². The van der Waals surface area contributed by atoms with Crippen molar-refractivity contribution in [3.8, 4) is 0 Å². The smallest absolute Gasteiger partial charge is 0.0659 e. The summed E-state index contributed by atoms with van der Waals surface area (Å²) in [6, 6.07) is 10.8. The summed E-state index contributed by atoms with van der Waals surface area (Å²) in [5.41, 5.74) is 2.69. The maximum Gasteiger partial charge on any atom is 0.0659 e. The van der Waals surface area contributed by atoms with E-state index < -0.39 is 0 Å². The van der Waals surface area contributed by atoms with Crippen LogP contribution in [0.2, 0.25) is 0 Å². The second-order valence-corrected chi connectivity index (χ2v) is 5.05. The average Bonchev–Trinajstić information content (AvgIpc) is 2.93. The van der Waals surface area contributed by atoms with Gasteiger partial charge in [-0.25, -0.2) is 0 Å². The molecule has 0 radical (unpaired) electrons. The quantitative estimate of drug-likeness (QED) is 0.773. The van der Waals surface area contributed by atoms with Crippen LogP contribution in [0.15, 0.2) is 42.7 Å². The summed E-state index contributed by atoms with van der Waals surface area (Å²) >= 11 is 0. The molecule has 0 aliphatic carbocycles. The highest BCUT2D eigenvalue weighted by Gasteiger charge is 2.04. The summed E-state index contributed by atoms with van der Waals surface area (Å²) in [7, 11) is 0. The van der Waals surface area contributed by atoms with Crippen LogP contribution in [0.25, 0.3) is 0 Å². The first-order valence-corrected chi connectivity index (χ1v) is 7.06. The zero-order chi connectivity index (χ0) is 13.5. The van der Waals surface area contributed by atoms with E-state index in [1.807, 2.05) is 23.1 Å². The van der Waals surface area contributed by atoms with Crippen molar-refractivity contribution in [1.29, 1.82) is 0 Å². The van der Waals surface area contributed by atoms with Gasteiger partial charge in [-0.1, -0.05) is 38.1 Å². The van der Waals surface area contributed by atoms with Gasteiger partial charge in [0.1, 0.15) is 0 Å². The second-order valence-electron chi connectivity index (χ2n) is 5.05. The molecule has 102 valence electrons. The Morgan fingerprint density at radius 2 is 2.05 bits per heavy atom. The van der Waals surface area contributed by atoms with Crippen molar-refractivity contribution >= 4 is 0 Å². The van der Waals surface area contributed by atoms with Crippen molar-refractivity contribution in [1.82, 2.24) is 15.1 Å². The van der Waals surface area contributed by atoms with Crippen LogP contribution >= 0.6 is 0 Å². The van der Waals surface area contributed by atoms with E-state index in [0.717, 1.165) is 19.6 Å². The van der Waals surface area contributed by atoms with Gasteiger partial charge in [-0.2, -0.15) is 5.10 Å². The Kier molecular flexibility index (Phi) is 5.16. The number of hydrogen-bond donors (Lipinski definition) is 1. The molecule has 2 rings (SSSR count). The molecule has 1 aromatic heterocycles. The van der Waals surface area contributed by atoms with Crippen LogP contribution in [0.3, 0.4) is 0 Å². The maximum absolute atomic E-state index is 4.23. The van der Waals surface area contributed by atoms with E-state index in [2.05, 4.69) is 48.5 Å². The van der Waals surface area contributed by atoms with E-state index in [9.17, 15) is 0 Å². The van der Waals surface area contributed by atoms with Gasteiger partial charge in [-0.15, -0.1) is 0 Å². The lowest BCUT2D eigenvalue weighted by Gasteiger charge is -2.13. The molecule has 0 aliphatic rings. The lowest BCUT2D eigenvalue weighted by molar-refractivity contribution is 0.609. The van der Waals surface area contributed by atoms with Gasteiger partial charge in [-0.3, -0.25) is 4.68 Å². The van der Waals surface area contributed by atoms with E-state index in [1.165, 1.54) is 17.5 Å². The van der Waals surface area contributed by atoms with Crippen molar-refractivity contribution in [3.05, 3.63) is 53.9 Å². The molecule has 0 amide bonds. The Labute approximate surface area is 115 Å². The van der Waals surface area contributed by atoms with Crippen LogP contribution in [0, 0.1) is 0 Å². The van der Waals surface area contributed by atoms with E-state index in [0.29, 0.717) is 5.92 Å². The summed E-state index contributed by atoms with van der Waals surface area (Å²) in [4.78, 5) is 0. The molecule has 1 unspecified atom stereocenters. The first-order chi connectivity index (χ1) is 9.29. The molecule has 1 heterocycles. The lowest BCUT2D eigenvalue weighted by Crippen LogP contribution is -2.20. The van der Waals surface area contributed by atoms with Crippen molar-refractivity contribution in [2.24, 2.45) is 0 Å². The Morgan fingerprint density at radius 3 is 2.68 bits per heavy atom. The summed E-state index contributed by atoms with van der Waals surface area (Å²) in [5, 5.41) is 7.70. The van der Waals surface area contributed by atoms with E-state index >= 15 is 0 Å². The van der Waals surface area contributed by atoms with Gasteiger partial charge in [0.25, 0.3) is 0 Å².